The Hall–Kier alpha value is -3.08. The lowest BCUT2D eigenvalue weighted by Gasteiger charge is -2.36. The molecule has 0 aliphatic carbocycles. The molecule has 2 aromatic carbocycles. The molecule has 1 saturated heterocycles. The minimum atomic E-state index is -0.151. The van der Waals surface area contributed by atoms with Gasteiger partial charge in [-0.25, -0.2) is 0 Å². The molecule has 1 amide bonds. The predicted octanol–water partition coefficient (Wildman–Crippen LogP) is 4.17. The van der Waals surface area contributed by atoms with Crippen LogP contribution in [0, 0.1) is 0 Å². The Morgan fingerprint density at radius 3 is 2.77 bits per heavy atom. The van der Waals surface area contributed by atoms with Crippen LogP contribution in [0.2, 0.25) is 0 Å². The second kappa shape index (κ2) is 8.74. The van der Waals surface area contributed by atoms with E-state index >= 15 is 0 Å². The second-order valence-corrected chi connectivity index (χ2v) is 8.01. The molecule has 30 heavy (non-hydrogen) atoms. The largest absolute Gasteiger partial charge is 0.497 e. The van der Waals surface area contributed by atoms with E-state index in [1.54, 1.807) is 18.7 Å². The van der Waals surface area contributed by atoms with Gasteiger partial charge in [0.15, 0.2) is 0 Å². The fourth-order valence-electron chi connectivity index (χ4n) is 4.47. The lowest BCUT2D eigenvalue weighted by molar-refractivity contribution is 0.0603. The average molecular weight is 405 g/mol. The number of pyridine rings is 1. The van der Waals surface area contributed by atoms with Crippen LogP contribution in [0.15, 0.2) is 59.4 Å². The Morgan fingerprint density at radius 1 is 1.10 bits per heavy atom. The van der Waals surface area contributed by atoms with Crippen LogP contribution in [0.5, 0.6) is 5.75 Å². The predicted molar refractivity (Wildman–Crippen MR) is 119 cm³/mol. The maximum atomic E-state index is 13.6. The van der Waals surface area contributed by atoms with Gasteiger partial charge in [0.2, 0.25) is 0 Å². The molecule has 1 aromatic heterocycles. The van der Waals surface area contributed by atoms with Gasteiger partial charge < -0.3 is 14.2 Å². The monoisotopic (exact) mass is 404 g/mol. The quantitative estimate of drug-likeness (QED) is 0.641. The fraction of sp³-hybridized carbons (Fsp3) is 0.360. The minimum Gasteiger partial charge on any atom is -0.497 e. The third kappa shape index (κ3) is 3.97. The molecule has 1 aliphatic heterocycles. The maximum absolute atomic E-state index is 13.6. The molecule has 0 unspecified atom stereocenters. The van der Waals surface area contributed by atoms with E-state index in [0.717, 1.165) is 55.3 Å². The first-order valence-electron chi connectivity index (χ1n) is 10.6. The summed E-state index contributed by atoms with van der Waals surface area (Å²) in [4.78, 5) is 28.0. The Morgan fingerprint density at radius 2 is 1.93 bits per heavy atom. The van der Waals surface area contributed by atoms with Crippen LogP contribution in [-0.4, -0.2) is 35.1 Å². The molecule has 1 atom stereocenters. The standard InChI is InChI=1S/C25H28N2O3/c1-26-23-12-4-3-11-21(23)22(17-24(26)28)25(29)27-15-6-5-9-19(27)14-13-18-8-7-10-20(16-18)30-2/h3-4,7-8,10-12,16-17,19H,5-6,9,13-15H2,1-2H3/t19-/m0/s1. The molecule has 5 nitrogen and oxygen atoms in total. The number of hydrogen-bond acceptors (Lipinski definition) is 3. The summed E-state index contributed by atoms with van der Waals surface area (Å²) in [7, 11) is 3.42. The number of hydrogen-bond donors (Lipinski definition) is 0. The minimum absolute atomic E-state index is 0.0285. The number of ether oxygens (including phenoxy) is 1. The molecule has 1 fully saturated rings. The van der Waals surface area contributed by atoms with Gasteiger partial charge in [0.05, 0.1) is 18.2 Å². The Bertz CT molecular complexity index is 1120. The smallest absolute Gasteiger partial charge is 0.254 e. The summed E-state index contributed by atoms with van der Waals surface area (Å²) < 4.78 is 6.93. The zero-order valence-electron chi connectivity index (χ0n) is 17.6. The first-order valence-corrected chi connectivity index (χ1v) is 10.6. The molecule has 0 saturated carbocycles. The first-order chi connectivity index (χ1) is 14.6. The summed E-state index contributed by atoms with van der Waals surface area (Å²) in [6, 6.07) is 17.4. The summed E-state index contributed by atoms with van der Waals surface area (Å²) in [6.45, 7) is 0.741. The first kappa shape index (κ1) is 20.2. The average Bonchev–Trinajstić information content (AvgIpc) is 2.80. The van der Waals surface area contributed by atoms with Crippen LogP contribution in [0.4, 0.5) is 0 Å². The fourth-order valence-corrected chi connectivity index (χ4v) is 4.47. The number of rotatable bonds is 5. The van der Waals surface area contributed by atoms with Crippen molar-refractivity contribution in [1.29, 1.82) is 0 Å². The summed E-state index contributed by atoms with van der Waals surface area (Å²) in [6.07, 6.45) is 4.93. The van der Waals surface area contributed by atoms with E-state index in [4.69, 9.17) is 4.74 Å². The van der Waals surface area contributed by atoms with Gasteiger partial charge in [-0.1, -0.05) is 30.3 Å². The number of aryl methyl sites for hydroxylation is 2. The summed E-state index contributed by atoms with van der Waals surface area (Å²) in [5, 5.41) is 0.835. The number of piperidine rings is 1. The Kier molecular flexibility index (Phi) is 5.88. The number of methoxy groups -OCH3 is 1. The summed E-state index contributed by atoms with van der Waals surface area (Å²) >= 11 is 0. The number of nitrogens with zero attached hydrogens (tertiary/aromatic N) is 2. The molecule has 0 bridgehead atoms. The molecule has 1 aliphatic rings. The normalized spacial score (nSPS) is 16.6. The van der Waals surface area contributed by atoms with Gasteiger partial charge in [-0.15, -0.1) is 0 Å². The third-order valence-corrected chi connectivity index (χ3v) is 6.17. The zero-order chi connectivity index (χ0) is 21.1. The van der Waals surface area contributed by atoms with Crippen molar-refractivity contribution in [3.8, 4) is 5.75 Å². The number of fused-ring (bicyclic) bond motifs is 1. The van der Waals surface area contributed by atoms with Gasteiger partial charge in [-0.3, -0.25) is 9.59 Å². The van der Waals surface area contributed by atoms with Gasteiger partial charge in [0.1, 0.15) is 5.75 Å². The van der Waals surface area contributed by atoms with Crippen molar-refractivity contribution in [2.45, 2.75) is 38.1 Å². The van der Waals surface area contributed by atoms with Crippen LogP contribution in [0.3, 0.4) is 0 Å². The number of carbonyl (C=O) groups excluding carboxylic acids is 1. The number of carbonyl (C=O) groups is 1. The van der Waals surface area contributed by atoms with Gasteiger partial charge in [-0.05, 0) is 55.9 Å². The van der Waals surface area contributed by atoms with E-state index in [0.29, 0.717) is 5.56 Å². The highest BCUT2D eigenvalue weighted by molar-refractivity contribution is 6.06. The van der Waals surface area contributed by atoms with E-state index in [1.807, 2.05) is 41.3 Å². The Labute approximate surface area is 176 Å². The topological polar surface area (TPSA) is 51.5 Å². The number of aromatic nitrogens is 1. The highest BCUT2D eigenvalue weighted by Crippen LogP contribution is 2.26. The maximum Gasteiger partial charge on any atom is 0.254 e. The summed E-state index contributed by atoms with van der Waals surface area (Å²) in [5.74, 6) is 0.829. The van der Waals surface area contributed by atoms with E-state index in [-0.39, 0.29) is 17.5 Å². The van der Waals surface area contributed by atoms with Gasteiger partial charge in [0.25, 0.3) is 11.5 Å². The highest BCUT2D eigenvalue weighted by atomic mass is 16.5. The zero-order valence-corrected chi connectivity index (χ0v) is 17.6. The molecule has 0 N–H and O–H groups in total. The van der Waals surface area contributed by atoms with Crippen LogP contribution in [-0.2, 0) is 13.5 Å². The van der Waals surface area contributed by atoms with Crippen LogP contribution >= 0.6 is 0 Å². The SMILES string of the molecule is COc1cccc(CC[C@@H]2CCCCN2C(=O)c2cc(=O)n(C)c3ccccc23)c1. The molecular weight excluding hydrogens is 376 g/mol. The van der Waals surface area contributed by atoms with Crippen molar-refractivity contribution >= 4 is 16.8 Å². The van der Waals surface area contributed by atoms with E-state index in [9.17, 15) is 9.59 Å². The van der Waals surface area contributed by atoms with Gasteiger partial charge in [-0.2, -0.15) is 0 Å². The number of likely N-dealkylation sites (tertiary alicyclic amines) is 1. The van der Waals surface area contributed by atoms with Crippen molar-refractivity contribution in [2.24, 2.45) is 7.05 Å². The van der Waals surface area contributed by atoms with E-state index in [1.165, 1.54) is 11.6 Å². The highest BCUT2D eigenvalue weighted by Gasteiger charge is 2.28. The molecule has 0 spiro atoms. The molecule has 0 radical (unpaired) electrons. The molecule has 2 heterocycles. The lowest BCUT2D eigenvalue weighted by atomic mass is 9.94. The number of para-hydroxylation sites is 1. The molecule has 3 aromatic rings. The second-order valence-electron chi connectivity index (χ2n) is 8.01. The van der Waals surface area contributed by atoms with E-state index < -0.39 is 0 Å². The van der Waals surface area contributed by atoms with Crippen molar-refractivity contribution in [3.63, 3.8) is 0 Å². The molecule has 156 valence electrons. The molecular formula is C25H28N2O3. The van der Waals surface area contributed by atoms with E-state index in [2.05, 4.69) is 12.1 Å². The van der Waals surface area contributed by atoms with Crippen molar-refractivity contribution < 1.29 is 9.53 Å². The van der Waals surface area contributed by atoms with Crippen LogP contribution < -0.4 is 10.3 Å². The lowest BCUT2D eigenvalue weighted by Crippen LogP contribution is -2.44. The van der Waals surface area contributed by atoms with Crippen molar-refractivity contribution in [1.82, 2.24) is 9.47 Å². The summed E-state index contributed by atoms with van der Waals surface area (Å²) in [5.41, 5.74) is 2.37. The van der Waals surface area contributed by atoms with Crippen molar-refractivity contribution in [3.05, 3.63) is 76.1 Å². The Balaban J connectivity index is 1.60. The van der Waals surface area contributed by atoms with Gasteiger partial charge in [0, 0.05) is 31.1 Å². The van der Waals surface area contributed by atoms with Gasteiger partial charge >= 0.3 is 0 Å². The number of benzene rings is 2. The van der Waals surface area contributed by atoms with Crippen molar-refractivity contribution in [2.75, 3.05) is 13.7 Å². The molecule has 5 heteroatoms. The third-order valence-electron chi connectivity index (χ3n) is 6.17. The molecule has 4 rings (SSSR count). The van der Waals surface area contributed by atoms with Crippen LogP contribution in [0.25, 0.3) is 10.9 Å². The number of amides is 1. The van der Waals surface area contributed by atoms with Crippen LogP contribution in [0.1, 0.15) is 41.6 Å².